The molecule has 0 saturated carbocycles. The molecule has 0 aliphatic carbocycles. The summed E-state index contributed by atoms with van der Waals surface area (Å²) in [5, 5.41) is 0. The molecule has 0 amide bonds. The Bertz CT molecular complexity index is 114. The Kier molecular flexibility index (Phi) is 6.08. The van der Waals surface area contributed by atoms with Crippen LogP contribution in [0.3, 0.4) is 0 Å². The summed E-state index contributed by atoms with van der Waals surface area (Å²) in [6.45, 7) is 6.91. The summed E-state index contributed by atoms with van der Waals surface area (Å²) in [5.41, 5.74) is 0. The predicted octanol–water partition coefficient (Wildman–Crippen LogP) is 2.23. The van der Waals surface area contributed by atoms with Crippen molar-refractivity contribution in [3.05, 3.63) is 0 Å². The average molecular weight is 206 g/mol. The summed E-state index contributed by atoms with van der Waals surface area (Å²) < 4.78 is 10.8. The SMILES string of the molecule is CO[Si](C)(CCC[SiH](C)C)OC. The van der Waals surface area contributed by atoms with Gasteiger partial charge in [-0.25, -0.2) is 0 Å². The van der Waals surface area contributed by atoms with Gasteiger partial charge in [0.2, 0.25) is 0 Å². The summed E-state index contributed by atoms with van der Waals surface area (Å²) in [6, 6.07) is 2.56. The van der Waals surface area contributed by atoms with Crippen LogP contribution in [-0.2, 0) is 8.85 Å². The fourth-order valence-corrected chi connectivity index (χ4v) is 3.97. The molecule has 0 radical (unpaired) electrons. The minimum Gasteiger partial charge on any atom is -0.398 e. The summed E-state index contributed by atoms with van der Waals surface area (Å²) >= 11 is 0. The van der Waals surface area contributed by atoms with Crippen molar-refractivity contribution in [1.29, 1.82) is 0 Å². The molecule has 0 bridgehead atoms. The molecule has 0 aromatic heterocycles. The van der Waals surface area contributed by atoms with Crippen molar-refractivity contribution in [3.8, 4) is 0 Å². The Morgan fingerprint density at radius 1 is 1.17 bits per heavy atom. The van der Waals surface area contributed by atoms with Gasteiger partial charge in [-0.1, -0.05) is 25.6 Å². The van der Waals surface area contributed by atoms with E-state index in [4.69, 9.17) is 8.85 Å². The van der Waals surface area contributed by atoms with E-state index in [1.807, 2.05) is 0 Å². The van der Waals surface area contributed by atoms with Gasteiger partial charge in [-0.05, 0) is 12.6 Å². The minimum absolute atomic E-state index is 0.371. The maximum Gasteiger partial charge on any atom is 0.334 e. The highest BCUT2D eigenvalue weighted by Gasteiger charge is 2.27. The van der Waals surface area contributed by atoms with Crippen molar-refractivity contribution >= 4 is 17.4 Å². The molecule has 0 aromatic rings. The molecule has 0 N–H and O–H groups in total. The van der Waals surface area contributed by atoms with Gasteiger partial charge in [-0.15, -0.1) is 0 Å². The molecule has 0 fully saturated rings. The molecule has 2 nitrogen and oxygen atoms in total. The molecule has 0 saturated heterocycles. The van der Waals surface area contributed by atoms with E-state index >= 15 is 0 Å². The summed E-state index contributed by atoms with van der Waals surface area (Å²) in [4.78, 5) is 0. The van der Waals surface area contributed by atoms with E-state index in [0.717, 1.165) is 6.04 Å². The second-order valence-electron chi connectivity index (χ2n) is 3.83. The molecule has 74 valence electrons. The smallest absolute Gasteiger partial charge is 0.334 e. The maximum absolute atomic E-state index is 5.40. The second kappa shape index (κ2) is 5.91. The molecular weight excluding hydrogens is 184 g/mol. The molecule has 12 heavy (non-hydrogen) atoms. The van der Waals surface area contributed by atoms with Gasteiger partial charge >= 0.3 is 8.56 Å². The van der Waals surface area contributed by atoms with Crippen molar-refractivity contribution in [3.63, 3.8) is 0 Å². The molecule has 0 rings (SSSR count). The van der Waals surface area contributed by atoms with Gasteiger partial charge in [0, 0.05) is 23.0 Å². The van der Waals surface area contributed by atoms with Gasteiger partial charge in [0.15, 0.2) is 0 Å². The molecule has 4 heteroatoms. The zero-order chi connectivity index (χ0) is 9.61. The van der Waals surface area contributed by atoms with E-state index in [1.165, 1.54) is 12.5 Å². The van der Waals surface area contributed by atoms with Gasteiger partial charge < -0.3 is 8.85 Å². The van der Waals surface area contributed by atoms with E-state index in [-0.39, 0.29) is 8.80 Å². The summed E-state index contributed by atoms with van der Waals surface area (Å²) in [7, 11) is 1.42. The highest BCUT2D eigenvalue weighted by Crippen LogP contribution is 2.16. The first kappa shape index (κ1) is 12.4. The van der Waals surface area contributed by atoms with E-state index in [2.05, 4.69) is 19.6 Å². The lowest BCUT2D eigenvalue weighted by Crippen LogP contribution is -2.35. The molecule has 0 spiro atoms. The Morgan fingerprint density at radius 3 is 2.00 bits per heavy atom. The molecule has 0 aliphatic heterocycles. The number of rotatable bonds is 6. The first-order chi connectivity index (χ1) is 5.54. The third kappa shape index (κ3) is 5.08. The Labute approximate surface area is 79.1 Å². The van der Waals surface area contributed by atoms with Crippen molar-refractivity contribution in [2.45, 2.75) is 38.2 Å². The van der Waals surface area contributed by atoms with Crippen molar-refractivity contribution in [2.75, 3.05) is 14.2 Å². The van der Waals surface area contributed by atoms with Crippen molar-refractivity contribution in [2.24, 2.45) is 0 Å². The monoisotopic (exact) mass is 206 g/mol. The molecular formula is C8H22O2Si2. The topological polar surface area (TPSA) is 18.5 Å². The highest BCUT2D eigenvalue weighted by molar-refractivity contribution is 6.66. The van der Waals surface area contributed by atoms with Gasteiger partial charge in [0.25, 0.3) is 0 Å². The lowest BCUT2D eigenvalue weighted by molar-refractivity contribution is 0.249. The zero-order valence-electron chi connectivity index (χ0n) is 9.02. The predicted molar refractivity (Wildman–Crippen MR) is 58.7 cm³/mol. The van der Waals surface area contributed by atoms with Crippen LogP contribution in [0.1, 0.15) is 6.42 Å². The minimum atomic E-state index is -1.74. The van der Waals surface area contributed by atoms with Crippen LogP contribution >= 0.6 is 0 Å². The van der Waals surface area contributed by atoms with E-state index < -0.39 is 8.56 Å². The van der Waals surface area contributed by atoms with Crippen LogP contribution in [0.4, 0.5) is 0 Å². The van der Waals surface area contributed by atoms with Gasteiger partial charge in [-0.3, -0.25) is 0 Å². The number of hydrogen-bond acceptors (Lipinski definition) is 2. The first-order valence-electron chi connectivity index (χ1n) is 4.64. The Balaban J connectivity index is 3.58. The molecule has 0 heterocycles. The van der Waals surface area contributed by atoms with Crippen LogP contribution in [0.5, 0.6) is 0 Å². The van der Waals surface area contributed by atoms with E-state index in [9.17, 15) is 0 Å². The normalized spacial score (nSPS) is 12.5. The van der Waals surface area contributed by atoms with Crippen LogP contribution < -0.4 is 0 Å². The summed E-state index contributed by atoms with van der Waals surface area (Å²) in [5.74, 6) is 0. The van der Waals surface area contributed by atoms with Crippen molar-refractivity contribution < 1.29 is 8.85 Å². The van der Waals surface area contributed by atoms with E-state index in [0.29, 0.717) is 0 Å². The molecule has 0 aromatic carbocycles. The van der Waals surface area contributed by atoms with Crippen LogP contribution in [-0.4, -0.2) is 31.6 Å². The lowest BCUT2D eigenvalue weighted by atomic mass is 10.6. The fourth-order valence-electron chi connectivity index (χ4n) is 1.12. The fraction of sp³-hybridized carbons (Fsp3) is 1.00. The molecule has 0 aliphatic rings. The third-order valence-electron chi connectivity index (χ3n) is 2.28. The van der Waals surface area contributed by atoms with Crippen LogP contribution in [0.2, 0.25) is 31.7 Å². The third-order valence-corrected chi connectivity index (χ3v) is 6.83. The highest BCUT2D eigenvalue weighted by atomic mass is 28.4. The van der Waals surface area contributed by atoms with Crippen LogP contribution in [0, 0.1) is 0 Å². The van der Waals surface area contributed by atoms with E-state index in [1.54, 1.807) is 14.2 Å². The maximum atomic E-state index is 5.40. The first-order valence-corrected chi connectivity index (χ1v) is 10.3. The largest absolute Gasteiger partial charge is 0.398 e. The van der Waals surface area contributed by atoms with Crippen molar-refractivity contribution in [1.82, 2.24) is 0 Å². The standard InChI is InChI=1S/C8H22O2Si2/c1-9-12(5,10-2)8-6-7-11(3)4/h11H,6-8H2,1-5H3. The Hall–Kier alpha value is 0.354. The van der Waals surface area contributed by atoms with Gasteiger partial charge in [0.05, 0.1) is 0 Å². The Morgan fingerprint density at radius 2 is 1.67 bits per heavy atom. The zero-order valence-corrected chi connectivity index (χ0v) is 11.2. The molecule has 0 atom stereocenters. The quantitative estimate of drug-likeness (QED) is 0.621. The van der Waals surface area contributed by atoms with Crippen LogP contribution in [0.15, 0.2) is 0 Å². The molecule has 0 unspecified atom stereocenters. The second-order valence-corrected chi connectivity index (χ2v) is 10.8. The number of hydrogen-bond donors (Lipinski definition) is 0. The average Bonchev–Trinajstić information content (AvgIpc) is 2.03. The van der Waals surface area contributed by atoms with Crippen LogP contribution in [0.25, 0.3) is 0 Å². The van der Waals surface area contributed by atoms with Gasteiger partial charge in [-0.2, -0.15) is 0 Å². The van der Waals surface area contributed by atoms with Gasteiger partial charge in [0.1, 0.15) is 0 Å². The summed E-state index contributed by atoms with van der Waals surface area (Å²) in [6.07, 6.45) is 1.29. The lowest BCUT2D eigenvalue weighted by Gasteiger charge is -2.22.